The number of aryl methyl sites for hydroxylation is 1. The third kappa shape index (κ3) is 6.71. The summed E-state index contributed by atoms with van der Waals surface area (Å²) in [6, 6.07) is 13.8. The van der Waals surface area contributed by atoms with Gasteiger partial charge in [0.1, 0.15) is 0 Å². The number of alkyl halides is 3. The van der Waals surface area contributed by atoms with Crippen molar-refractivity contribution >= 4 is 40.2 Å². The van der Waals surface area contributed by atoms with Crippen molar-refractivity contribution in [2.45, 2.75) is 26.4 Å². The van der Waals surface area contributed by atoms with Gasteiger partial charge in [0.2, 0.25) is 5.91 Å². The molecule has 2 aromatic heterocycles. The largest absolute Gasteiger partial charge is 0.465 e. The summed E-state index contributed by atoms with van der Waals surface area (Å²) >= 11 is 1.18. The van der Waals surface area contributed by atoms with E-state index in [2.05, 4.69) is 20.8 Å². The normalized spacial score (nSPS) is 11.5. The number of hydrogen-bond donors (Lipinski definition) is 2. The number of carbonyl (C=O) groups is 2. The number of ether oxygens (including phenoxy) is 1. The van der Waals surface area contributed by atoms with Gasteiger partial charge in [-0.3, -0.25) is 4.79 Å². The van der Waals surface area contributed by atoms with E-state index in [1.807, 2.05) is 30.5 Å². The van der Waals surface area contributed by atoms with Gasteiger partial charge < -0.3 is 14.6 Å². The molecule has 0 saturated carbocycles. The topological polar surface area (TPSA) is 97.6 Å². The number of hydrazone groups is 1. The van der Waals surface area contributed by atoms with E-state index in [1.165, 1.54) is 36.8 Å². The lowest BCUT2D eigenvalue weighted by molar-refractivity contribution is -0.137. The molecule has 0 aliphatic rings. The summed E-state index contributed by atoms with van der Waals surface area (Å²) in [5, 5.41) is 8.90. The second kappa shape index (κ2) is 11.5. The Morgan fingerprint density at radius 2 is 1.90 bits per heavy atom. The van der Waals surface area contributed by atoms with Crippen LogP contribution in [-0.4, -0.2) is 34.8 Å². The predicted octanol–water partition coefficient (Wildman–Crippen LogP) is 5.79. The maximum Gasteiger partial charge on any atom is 0.416 e. The lowest BCUT2D eigenvalue weighted by Crippen LogP contribution is -2.20. The van der Waals surface area contributed by atoms with E-state index in [0.29, 0.717) is 16.4 Å². The van der Waals surface area contributed by atoms with Gasteiger partial charge in [-0.2, -0.15) is 18.3 Å². The van der Waals surface area contributed by atoms with Gasteiger partial charge >= 0.3 is 12.1 Å². The van der Waals surface area contributed by atoms with Crippen LogP contribution in [0.1, 0.15) is 38.6 Å². The van der Waals surface area contributed by atoms with Crippen LogP contribution in [0.3, 0.4) is 0 Å². The highest BCUT2D eigenvalue weighted by Crippen LogP contribution is 2.32. The number of hydrogen-bond acceptors (Lipinski definition) is 7. The molecule has 39 heavy (non-hydrogen) atoms. The number of methoxy groups -OCH3 is 1. The first kappa shape index (κ1) is 27.6. The lowest BCUT2D eigenvalue weighted by atomic mass is 10.2. The first-order valence-corrected chi connectivity index (χ1v) is 12.5. The Balaban J connectivity index is 1.37. The SMILES string of the molecule is COC(=O)c1cccc(-n2c(C)cc(/C=N\NC(=O)Cc3csc(Nc4cccc(C(F)(F)F)c4)n3)c2C)c1. The first-order valence-electron chi connectivity index (χ1n) is 11.6. The molecule has 0 radical (unpaired) electrons. The predicted molar refractivity (Wildman–Crippen MR) is 143 cm³/mol. The number of nitrogens with zero attached hydrogens (tertiary/aromatic N) is 3. The van der Waals surface area contributed by atoms with Crippen LogP contribution in [-0.2, 0) is 22.1 Å². The fourth-order valence-electron chi connectivity index (χ4n) is 3.93. The van der Waals surface area contributed by atoms with Crippen LogP contribution >= 0.6 is 11.3 Å². The Bertz CT molecular complexity index is 1540. The molecule has 2 N–H and O–H groups in total. The summed E-state index contributed by atoms with van der Waals surface area (Å²) in [5.41, 5.74) is 6.16. The second-order valence-corrected chi connectivity index (χ2v) is 9.38. The van der Waals surface area contributed by atoms with Crippen molar-refractivity contribution in [2.24, 2.45) is 5.10 Å². The molecule has 1 amide bonds. The van der Waals surface area contributed by atoms with Crippen LogP contribution in [0.2, 0.25) is 0 Å². The zero-order chi connectivity index (χ0) is 28.2. The van der Waals surface area contributed by atoms with Crippen molar-refractivity contribution in [1.29, 1.82) is 0 Å². The third-order valence-corrected chi connectivity index (χ3v) is 6.53. The third-order valence-electron chi connectivity index (χ3n) is 5.72. The molecule has 0 atom stereocenters. The number of amides is 1. The van der Waals surface area contributed by atoms with Crippen LogP contribution in [0, 0.1) is 13.8 Å². The quantitative estimate of drug-likeness (QED) is 0.163. The van der Waals surface area contributed by atoms with Crippen molar-refractivity contribution in [2.75, 3.05) is 12.4 Å². The fraction of sp³-hybridized carbons (Fsp3) is 0.185. The smallest absolute Gasteiger partial charge is 0.416 e. The van der Waals surface area contributed by atoms with Crippen LogP contribution in [0.4, 0.5) is 24.0 Å². The van der Waals surface area contributed by atoms with Crippen molar-refractivity contribution in [3.05, 3.63) is 93.7 Å². The zero-order valence-corrected chi connectivity index (χ0v) is 22.0. The van der Waals surface area contributed by atoms with Crippen LogP contribution in [0.5, 0.6) is 0 Å². The van der Waals surface area contributed by atoms with E-state index >= 15 is 0 Å². The number of nitrogens with one attached hydrogen (secondary N) is 2. The van der Waals surface area contributed by atoms with Gasteiger partial charge in [-0.25, -0.2) is 15.2 Å². The number of esters is 1. The van der Waals surface area contributed by atoms with Gasteiger partial charge in [-0.1, -0.05) is 12.1 Å². The van der Waals surface area contributed by atoms with Crippen molar-refractivity contribution < 1.29 is 27.5 Å². The van der Waals surface area contributed by atoms with Gasteiger partial charge in [0.15, 0.2) is 5.13 Å². The summed E-state index contributed by atoms with van der Waals surface area (Å²) in [5.74, 6) is -0.829. The van der Waals surface area contributed by atoms with E-state index in [1.54, 1.807) is 23.6 Å². The number of benzene rings is 2. The molecule has 4 aromatic rings. The van der Waals surface area contributed by atoms with E-state index in [4.69, 9.17) is 4.74 Å². The van der Waals surface area contributed by atoms with Gasteiger partial charge in [-0.15, -0.1) is 11.3 Å². The monoisotopic (exact) mass is 555 g/mol. The molecule has 202 valence electrons. The first-order chi connectivity index (χ1) is 18.5. The molecular weight excluding hydrogens is 531 g/mol. The Kier molecular flexibility index (Phi) is 8.15. The van der Waals surface area contributed by atoms with Crippen molar-refractivity contribution in [3.8, 4) is 5.69 Å². The average Bonchev–Trinajstić information content (AvgIpc) is 3.45. The molecule has 0 bridgehead atoms. The van der Waals surface area contributed by atoms with Gasteiger partial charge in [0.05, 0.1) is 36.6 Å². The Morgan fingerprint density at radius 1 is 1.13 bits per heavy atom. The van der Waals surface area contributed by atoms with E-state index < -0.39 is 23.6 Å². The van der Waals surface area contributed by atoms with Crippen LogP contribution < -0.4 is 10.7 Å². The minimum atomic E-state index is -4.44. The Labute approximate surface area is 226 Å². The van der Waals surface area contributed by atoms with Crippen LogP contribution in [0.15, 0.2) is 65.1 Å². The summed E-state index contributed by atoms with van der Waals surface area (Å²) in [7, 11) is 1.33. The number of anilines is 2. The number of thiazole rings is 1. The fourth-order valence-corrected chi connectivity index (χ4v) is 4.66. The van der Waals surface area contributed by atoms with Crippen molar-refractivity contribution in [3.63, 3.8) is 0 Å². The molecule has 0 saturated heterocycles. The Hall–Kier alpha value is -4.45. The molecule has 0 unspecified atom stereocenters. The summed E-state index contributed by atoms with van der Waals surface area (Å²) < 4.78 is 45.5. The maximum absolute atomic E-state index is 12.9. The molecule has 2 aromatic carbocycles. The number of carbonyl (C=O) groups excluding carboxylic acids is 2. The maximum atomic E-state index is 12.9. The number of halogens is 3. The zero-order valence-electron chi connectivity index (χ0n) is 21.2. The standard InChI is InChI=1S/C27H24F3N5O3S/c1-16-10-19(17(2)35(16)23-9-4-6-18(11-23)25(37)38-3)14-31-34-24(36)13-22-15-39-26(33-22)32-21-8-5-7-20(12-21)27(28,29)30/h4-12,14-15H,13H2,1-3H3,(H,32,33)(H,34,36)/b31-14-. The second-order valence-electron chi connectivity index (χ2n) is 8.52. The summed E-state index contributed by atoms with van der Waals surface area (Å²) in [4.78, 5) is 28.5. The van der Waals surface area contributed by atoms with Gasteiger partial charge in [0.25, 0.3) is 0 Å². The molecule has 4 rings (SSSR count). The molecule has 12 heteroatoms. The molecule has 0 aliphatic carbocycles. The van der Waals surface area contributed by atoms with E-state index in [0.717, 1.165) is 34.8 Å². The lowest BCUT2D eigenvalue weighted by Gasteiger charge is -2.10. The Morgan fingerprint density at radius 3 is 2.64 bits per heavy atom. The minimum absolute atomic E-state index is 0.0581. The molecule has 0 fully saturated rings. The van der Waals surface area contributed by atoms with Crippen LogP contribution in [0.25, 0.3) is 5.69 Å². The highest BCUT2D eigenvalue weighted by atomic mass is 32.1. The molecular formula is C27H24F3N5O3S. The molecule has 8 nitrogen and oxygen atoms in total. The number of aromatic nitrogens is 2. The minimum Gasteiger partial charge on any atom is -0.465 e. The molecule has 2 heterocycles. The highest BCUT2D eigenvalue weighted by Gasteiger charge is 2.30. The van der Waals surface area contributed by atoms with Crippen molar-refractivity contribution in [1.82, 2.24) is 15.0 Å². The van der Waals surface area contributed by atoms with E-state index in [9.17, 15) is 22.8 Å². The van der Waals surface area contributed by atoms with E-state index in [-0.39, 0.29) is 12.1 Å². The molecule has 0 aliphatic heterocycles. The number of rotatable bonds is 8. The summed E-state index contributed by atoms with van der Waals surface area (Å²) in [6.45, 7) is 3.82. The highest BCUT2D eigenvalue weighted by molar-refractivity contribution is 7.13. The average molecular weight is 556 g/mol. The molecule has 0 spiro atoms. The van der Waals surface area contributed by atoms with Gasteiger partial charge in [0, 0.05) is 33.7 Å². The summed E-state index contributed by atoms with van der Waals surface area (Å²) in [6.07, 6.45) is -2.97. The van der Waals surface area contributed by atoms with Gasteiger partial charge in [-0.05, 0) is 56.3 Å².